The number of phosphoric ester groups is 1. The first-order valence-electron chi connectivity index (χ1n) is 21.1. The van der Waals surface area contributed by atoms with Crippen molar-refractivity contribution in [2.75, 3.05) is 13.2 Å². The van der Waals surface area contributed by atoms with Crippen LogP contribution in [-0.2, 0) is 28.2 Å². The summed E-state index contributed by atoms with van der Waals surface area (Å²) < 4.78 is 35.7. The molecule has 302 valence electrons. The molecule has 0 aromatic heterocycles. The average molecular weight is 753 g/mol. The van der Waals surface area contributed by atoms with Crippen LogP contribution < -0.4 is 4.52 Å². The molecular formula is C43H77O8P. The predicted octanol–water partition coefficient (Wildman–Crippen LogP) is 13.3. The second kappa shape index (κ2) is 30.4. The van der Waals surface area contributed by atoms with Crippen LogP contribution in [0.4, 0.5) is 0 Å². The third kappa shape index (κ3) is 24.4. The maximum atomic E-state index is 13.4. The topological polar surface area (TPSA) is 108 Å². The highest BCUT2D eigenvalue weighted by Crippen LogP contribution is 2.49. The molecule has 0 heterocycles. The van der Waals surface area contributed by atoms with Gasteiger partial charge >= 0.3 is 19.8 Å². The number of carbonyl (C=O) groups is 2. The zero-order valence-electron chi connectivity index (χ0n) is 34.1. The van der Waals surface area contributed by atoms with Crippen LogP contribution in [0.25, 0.3) is 0 Å². The minimum atomic E-state index is -4.70. The predicted molar refractivity (Wildman–Crippen MR) is 214 cm³/mol. The Bertz CT molecular complexity index is 1040. The van der Waals surface area contributed by atoms with Crippen LogP contribution in [0.5, 0.6) is 5.75 Å². The third-order valence-electron chi connectivity index (χ3n) is 9.64. The van der Waals surface area contributed by atoms with Crippen LogP contribution >= 0.6 is 7.82 Å². The Labute approximate surface area is 318 Å². The quantitative estimate of drug-likeness (QED) is 0.0421. The van der Waals surface area contributed by atoms with Crippen molar-refractivity contribution in [3.63, 3.8) is 0 Å². The van der Waals surface area contributed by atoms with E-state index in [2.05, 4.69) is 13.8 Å². The number of rotatable bonds is 34. The largest absolute Gasteiger partial charge is 0.527 e. The summed E-state index contributed by atoms with van der Waals surface area (Å²) >= 11 is 0. The molecule has 0 bridgehead atoms. The molecule has 0 radical (unpaired) electrons. The lowest BCUT2D eigenvalue weighted by atomic mass is 9.94. The third-order valence-corrected chi connectivity index (χ3v) is 10.6. The van der Waals surface area contributed by atoms with Crippen LogP contribution in [0.3, 0.4) is 0 Å². The Kier molecular flexibility index (Phi) is 28.2. The molecule has 0 fully saturated rings. The fourth-order valence-corrected chi connectivity index (χ4v) is 7.39. The Morgan fingerprint density at radius 1 is 0.577 bits per heavy atom. The summed E-state index contributed by atoms with van der Waals surface area (Å²) in [7, 11) is -4.70. The van der Waals surface area contributed by atoms with E-state index in [0.717, 1.165) is 49.7 Å². The van der Waals surface area contributed by atoms with Crippen LogP contribution in [0.1, 0.15) is 219 Å². The molecule has 1 atom stereocenters. The van der Waals surface area contributed by atoms with E-state index >= 15 is 0 Å². The standard InChI is InChI=1S/C43H77O8P/c1-7-9-11-13-15-17-19-21-23-25-27-32-41(44)48-34-38(35-49-42(45)33-28-26-24-22-20-18-16-14-12-10-8-2)50-52(46,47)51-43-39(36(3)4)30-29-31-40(43)37(5)6/h29-31,36-38H,7-28,32-35H2,1-6H3,(H,46,47). The highest BCUT2D eigenvalue weighted by Gasteiger charge is 2.32. The number of benzene rings is 1. The number of hydrogen-bond donors (Lipinski definition) is 1. The molecule has 1 aromatic rings. The van der Waals surface area contributed by atoms with Crippen LogP contribution in [0.2, 0.25) is 0 Å². The van der Waals surface area contributed by atoms with Crippen molar-refractivity contribution in [1.82, 2.24) is 0 Å². The average Bonchev–Trinajstić information content (AvgIpc) is 3.10. The van der Waals surface area contributed by atoms with E-state index in [4.69, 9.17) is 18.5 Å². The smallest absolute Gasteiger partial charge is 0.463 e. The van der Waals surface area contributed by atoms with Gasteiger partial charge in [-0.15, -0.1) is 0 Å². The Morgan fingerprint density at radius 3 is 1.23 bits per heavy atom. The first-order chi connectivity index (χ1) is 25.0. The number of esters is 2. The lowest BCUT2D eigenvalue weighted by molar-refractivity contribution is -0.152. The van der Waals surface area contributed by atoms with Crippen molar-refractivity contribution in [2.24, 2.45) is 0 Å². The molecule has 0 amide bonds. The van der Waals surface area contributed by atoms with E-state index in [-0.39, 0.29) is 37.9 Å². The summed E-state index contributed by atoms with van der Waals surface area (Å²) in [5, 5.41) is 0. The second-order valence-corrected chi connectivity index (χ2v) is 16.6. The summed E-state index contributed by atoms with van der Waals surface area (Å²) in [5.41, 5.74) is 1.58. The molecule has 9 heteroatoms. The molecule has 0 spiro atoms. The van der Waals surface area contributed by atoms with E-state index in [1.807, 2.05) is 45.9 Å². The number of phosphoric acid groups is 1. The summed E-state index contributed by atoms with van der Waals surface area (Å²) in [4.78, 5) is 36.2. The minimum Gasteiger partial charge on any atom is -0.463 e. The summed E-state index contributed by atoms with van der Waals surface area (Å²) in [6.07, 6.45) is 25.4. The van der Waals surface area contributed by atoms with Crippen molar-refractivity contribution < 1.29 is 37.6 Å². The van der Waals surface area contributed by atoms with Gasteiger partial charge < -0.3 is 14.0 Å². The Morgan fingerprint density at radius 2 is 0.904 bits per heavy atom. The normalized spacial score (nSPS) is 12.8. The second-order valence-electron chi connectivity index (χ2n) is 15.3. The van der Waals surface area contributed by atoms with Gasteiger partial charge in [0.25, 0.3) is 0 Å². The molecule has 1 rings (SSSR count). The molecule has 1 aromatic carbocycles. The van der Waals surface area contributed by atoms with Crippen LogP contribution in [0, 0.1) is 0 Å². The first kappa shape index (κ1) is 48.1. The molecule has 0 aliphatic rings. The summed E-state index contributed by atoms with van der Waals surface area (Å²) in [5.74, 6) is -0.412. The van der Waals surface area contributed by atoms with Gasteiger partial charge in [-0.25, -0.2) is 4.57 Å². The number of para-hydroxylation sites is 1. The number of ether oxygens (including phenoxy) is 2. The number of hydrogen-bond acceptors (Lipinski definition) is 7. The van der Waals surface area contributed by atoms with E-state index < -0.39 is 25.9 Å². The zero-order chi connectivity index (χ0) is 38.5. The van der Waals surface area contributed by atoms with Crippen LogP contribution in [-0.4, -0.2) is 36.1 Å². The maximum Gasteiger partial charge on any atom is 0.527 e. The van der Waals surface area contributed by atoms with E-state index in [9.17, 15) is 19.0 Å². The number of unbranched alkanes of at least 4 members (excludes halogenated alkanes) is 20. The van der Waals surface area contributed by atoms with Gasteiger partial charge in [-0.2, -0.15) is 0 Å². The van der Waals surface area contributed by atoms with Crippen LogP contribution in [0.15, 0.2) is 18.2 Å². The summed E-state index contributed by atoms with van der Waals surface area (Å²) in [6, 6.07) is 5.65. The van der Waals surface area contributed by atoms with Crippen molar-refractivity contribution in [3.8, 4) is 5.75 Å². The lowest BCUT2D eigenvalue weighted by Crippen LogP contribution is -2.28. The van der Waals surface area contributed by atoms with E-state index in [0.29, 0.717) is 5.75 Å². The molecule has 0 saturated carbocycles. The molecule has 0 saturated heterocycles. The van der Waals surface area contributed by atoms with E-state index in [1.165, 1.54) is 103 Å². The van der Waals surface area contributed by atoms with Gasteiger partial charge in [0.2, 0.25) is 0 Å². The van der Waals surface area contributed by atoms with Crippen molar-refractivity contribution in [3.05, 3.63) is 29.3 Å². The van der Waals surface area contributed by atoms with Crippen molar-refractivity contribution in [1.29, 1.82) is 0 Å². The lowest BCUT2D eigenvalue weighted by Gasteiger charge is -2.24. The monoisotopic (exact) mass is 753 g/mol. The Balaban J connectivity index is 2.64. The van der Waals surface area contributed by atoms with Gasteiger partial charge in [0.1, 0.15) is 25.1 Å². The van der Waals surface area contributed by atoms with Gasteiger partial charge in [0.05, 0.1) is 0 Å². The van der Waals surface area contributed by atoms with Gasteiger partial charge in [-0.05, 0) is 35.8 Å². The highest BCUT2D eigenvalue weighted by atomic mass is 31.2. The van der Waals surface area contributed by atoms with E-state index in [1.54, 1.807) is 0 Å². The fourth-order valence-electron chi connectivity index (χ4n) is 6.41. The molecule has 1 N–H and O–H groups in total. The molecule has 8 nitrogen and oxygen atoms in total. The molecule has 52 heavy (non-hydrogen) atoms. The molecular weight excluding hydrogens is 675 g/mol. The maximum absolute atomic E-state index is 13.4. The Hall–Kier alpha value is -1.89. The SMILES string of the molecule is CCCCCCCCCCCCCC(=O)OCC(COC(=O)CCCCCCCCCCCCC)OP(=O)(O)Oc1c(C(C)C)cccc1C(C)C. The van der Waals surface area contributed by atoms with Gasteiger partial charge in [-0.1, -0.05) is 188 Å². The molecule has 1 unspecified atom stereocenters. The van der Waals surface area contributed by atoms with Crippen molar-refractivity contribution in [2.45, 2.75) is 214 Å². The highest BCUT2D eigenvalue weighted by molar-refractivity contribution is 7.47. The van der Waals surface area contributed by atoms with Crippen molar-refractivity contribution >= 4 is 19.8 Å². The van der Waals surface area contributed by atoms with Gasteiger partial charge in [0, 0.05) is 12.8 Å². The zero-order valence-corrected chi connectivity index (χ0v) is 35.0. The number of carbonyl (C=O) groups excluding carboxylic acids is 2. The summed E-state index contributed by atoms with van der Waals surface area (Å²) in [6.45, 7) is 11.8. The van der Waals surface area contributed by atoms with Gasteiger partial charge in [0.15, 0.2) is 0 Å². The van der Waals surface area contributed by atoms with Gasteiger partial charge in [-0.3, -0.25) is 19.0 Å². The molecule has 0 aliphatic carbocycles. The fraction of sp³-hybridized carbons (Fsp3) is 0.814. The first-order valence-corrected chi connectivity index (χ1v) is 22.6. The molecule has 0 aliphatic heterocycles. The minimum absolute atomic E-state index is 0.0394.